The molecule has 0 saturated heterocycles. The van der Waals surface area contributed by atoms with Crippen molar-refractivity contribution in [2.45, 2.75) is 46.6 Å². The standard InChI is InChI=1S/C21H27N5O3S/c1-6-17-23-18-16(26(17)12-21(3)7-8-21)10-15(22-19(18)24-30(5,28)29)14-9-13(2)20(27)25(4)11-14/h9-11H,6-8,12H2,1-5H3,(H,22,24). The molecule has 1 aliphatic rings. The third-order valence-corrected chi connectivity index (χ3v) is 6.28. The summed E-state index contributed by atoms with van der Waals surface area (Å²) in [6, 6.07) is 3.73. The van der Waals surface area contributed by atoms with Crippen LogP contribution in [-0.2, 0) is 30.0 Å². The molecule has 0 aromatic carbocycles. The molecule has 0 spiro atoms. The smallest absolute Gasteiger partial charge is 0.253 e. The van der Waals surface area contributed by atoms with Crippen LogP contribution in [0.3, 0.4) is 0 Å². The maximum atomic E-state index is 12.1. The molecular formula is C21H27N5O3S. The summed E-state index contributed by atoms with van der Waals surface area (Å²) in [7, 11) is -1.85. The number of pyridine rings is 2. The van der Waals surface area contributed by atoms with E-state index in [4.69, 9.17) is 4.98 Å². The Morgan fingerprint density at radius 3 is 2.50 bits per heavy atom. The summed E-state index contributed by atoms with van der Waals surface area (Å²) in [5, 5.41) is 0. The van der Waals surface area contributed by atoms with Crippen molar-refractivity contribution in [3.05, 3.63) is 40.1 Å². The second-order valence-corrected chi connectivity index (χ2v) is 10.5. The van der Waals surface area contributed by atoms with Crippen molar-refractivity contribution in [1.29, 1.82) is 0 Å². The highest BCUT2D eigenvalue weighted by Crippen LogP contribution is 2.47. The minimum Gasteiger partial charge on any atom is -0.327 e. The van der Waals surface area contributed by atoms with Gasteiger partial charge in [0.2, 0.25) is 10.0 Å². The molecule has 0 radical (unpaired) electrons. The van der Waals surface area contributed by atoms with Crippen LogP contribution in [0, 0.1) is 12.3 Å². The molecule has 8 nitrogen and oxygen atoms in total. The van der Waals surface area contributed by atoms with Crippen LogP contribution in [0.4, 0.5) is 5.82 Å². The number of hydrogen-bond donors (Lipinski definition) is 1. The van der Waals surface area contributed by atoms with E-state index in [0.717, 1.165) is 36.1 Å². The molecule has 3 heterocycles. The quantitative estimate of drug-likeness (QED) is 0.650. The normalized spacial score (nSPS) is 15.5. The fourth-order valence-electron chi connectivity index (χ4n) is 3.78. The van der Waals surface area contributed by atoms with E-state index in [1.165, 1.54) is 17.4 Å². The lowest BCUT2D eigenvalue weighted by Gasteiger charge is -2.14. The van der Waals surface area contributed by atoms with Gasteiger partial charge in [-0.1, -0.05) is 13.8 Å². The van der Waals surface area contributed by atoms with Crippen molar-refractivity contribution in [3.63, 3.8) is 0 Å². The van der Waals surface area contributed by atoms with Gasteiger partial charge in [-0.05, 0) is 37.3 Å². The maximum Gasteiger partial charge on any atom is 0.253 e. The number of rotatable bonds is 6. The summed E-state index contributed by atoms with van der Waals surface area (Å²) in [6.45, 7) is 6.89. The molecule has 1 fully saturated rings. The van der Waals surface area contributed by atoms with Gasteiger partial charge in [-0.15, -0.1) is 0 Å². The lowest BCUT2D eigenvalue weighted by atomic mass is 10.1. The Hall–Kier alpha value is -2.68. The lowest BCUT2D eigenvalue weighted by molar-refractivity contribution is 0.462. The fraction of sp³-hybridized carbons (Fsp3) is 0.476. The molecule has 1 aliphatic carbocycles. The number of aryl methyl sites for hydroxylation is 3. The molecule has 0 aliphatic heterocycles. The van der Waals surface area contributed by atoms with E-state index in [-0.39, 0.29) is 16.8 Å². The molecule has 0 amide bonds. The highest BCUT2D eigenvalue weighted by atomic mass is 32.2. The number of nitrogens with zero attached hydrogens (tertiary/aromatic N) is 4. The molecule has 0 bridgehead atoms. The van der Waals surface area contributed by atoms with Crippen molar-refractivity contribution in [2.75, 3.05) is 11.0 Å². The van der Waals surface area contributed by atoms with Crippen molar-refractivity contribution in [1.82, 2.24) is 19.1 Å². The Labute approximate surface area is 176 Å². The van der Waals surface area contributed by atoms with Crippen LogP contribution in [0.1, 0.15) is 38.1 Å². The summed E-state index contributed by atoms with van der Waals surface area (Å²) in [5.74, 6) is 1.12. The number of imidazole rings is 1. The summed E-state index contributed by atoms with van der Waals surface area (Å²) in [5.41, 5.74) is 3.51. The van der Waals surface area contributed by atoms with Crippen molar-refractivity contribution in [3.8, 4) is 11.3 Å². The van der Waals surface area contributed by atoms with E-state index in [1.807, 2.05) is 13.0 Å². The predicted octanol–water partition coefficient (Wildman–Crippen LogP) is 2.84. The molecule has 4 rings (SSSR count). The molecule has 1 saturated carbocycles. The van der Waals surface area contributed by atoms with Crippen LogP contribution in [0.15, 0.2) is 23.1 Å². The molecule has 9 heteroatoms. The van der Waals surface area contributed by atoms with Gasteiger partial charge < -0.3 is 9.13 Å². The minimum absolute atomic E-state index is 0.0747. The second kappa shape index (κ2) is 6.94. The Kier molecular flexibility index (Phi) is 4.76. The number of aromatic nitrogens is 4. The fourth-order valence-corrected chi connectivity index (χ4v) is 4.27. The van der Waals surface area contributed by atoms with Gasteiger partial charge in [-0.25, -0.2) is 18.4 Å². The number of sulfonamides is 1. The Balaban J connectivity index is 1.99. The van der Waals surface area contributed by atoms with E-state index in [1.54, 1.807) is 26.2 Å². The number of fused-ring (bicyclic) bond motifs is 1. The monoisotopic (exact) mass is 429 g/mol. The topological polar surface area (TPSA) is 98.9 Å². The van der Waals surface area contributed by atoms with Gasteiger partial charge in [-0.2, -0.15) is 0 Å². The van der Waals surface area contributed by atoms with Crippen molar-refractivity contribution < 1.29 is 8.42 Å². The number of nitrogens with one attached hydrogen (secondary N) is 1. The van der Waals surface area contributed by atoms with E-state index in [9.17, 15) is 13.2 Å². The summed E-state index contributed by atoms with van der Waals surface area (Å²) in [4.78, 5) is 21.4. The summed E-state index contributed by atoms with van der Waals surface area (Å²) >= 11 is 0. The van der Waals surface area contributed by atoms with Crippen molar-refractivity contribution >= 4 is 26.9 Å². The highest BCUT2D eigenvalue weighted by molar-refractivity contribution is 7.92. The van der Waals surface area contributed by atoms with Crippen LogP contribution >= 0.6 is 0 Å². The largest absolute Gasteiger partial charge is 0.327 e. The first-order valence-corrected chi connectivity index (χ1v) is 11.9. The predicted molar refractivity (Wildman–Crippen MR) is 118 cm³/mol. The van der Waals surface area contributed by atoms with Gasteiger partial charge in [0.25, 0.3) is 5.56 Å². The van der Waals surface area contributed by atoms with Gasteiger partial charge in [0, 0.05) is 37.3 Å². The molecule has 30 heavy (non-hydrogen) atoms. The van der Waals surface area contributed by atoms with Gasteiger partial charge in [0.15, 0.2) is 5.82 Å². The number of hydrogen-bond acceptors (Lipinski definition) is 5. The molecule has 0 unspecified atom stereocenters. The summed E-state index contributed by atoms with van der Waals surface area (Å²) in [6.07, 6.45) is 5.89. The van der Waals surface area contributed by atoms with Gasteiger partial charge >= 0.3 is 0 Å². The Morgan fingerprint density at radius 1 is 1.23 bits per heavy atom. The van der Waals surface area contributed by atoms with E-state index in [0.29, 0.717) is 16.8 Å². The van der Waals surface area contributed by atoms with E-state index in [2.05, 4.69) is 21.2 Å². The zero-order chi connectivity index (χ0) is 21.8. The maximum absolute atomic E-state index is 12.1. The molecule has 3 aromatic heterocycles. The van der Waals surface area contributed by atoms with Crippen molar-refractivity contribution in [2.24, 2.45) is 12.5 Å². The van der Waals surface area contributed by atoms with Crippen LogP contribution < -0.4 is 10.3 Å². The third kappa shape index (κ3) is 3.86. The van der Waals surface area contributed by atoms with Crippen LogP contribution in [0.25, 0.3) is 22.3 Å². The molecule has 3 aromatic rings. The lowest BCUT2D eigenvalue weighted by Crippen LogP contribution is -2.18. The van der Waals surface area contributed by atoms with E-state index >= 15 is 0 Å². The summed E-state index contributed by atoms with van der Waals surface area (Å²) < 4.78 is 30.3. The highest BCUT2D eigenvalue weighted by Gasteiger charge is 2.38. The Bertz CT molecular complexity index is 1290. The third-order valence-electron chi connectivity index (χ3n) is 5.72. The zero-order valence-electron chi connectivity index (χ0n) is 18.0. The number of anilines is 1. The SMILES string of the molecule is CCc1nc2c(NS(C)(=O)=O)nc(-c3cc(C)c(=O)n(C)c3)cc2n1CC1(C)CC1. The Morgan fingerprint density at radius 2 is 1.93 bits per heavy atom. The first-order chi connectivity index (χ1) is 14.0. The first-order valence-electron chi connectivity index (χ1n) is 10.1. The zero-order valence-corrected chi connectivity index (χ0v) is 18.8. The van der Waals surface area contributed by atoms with Crippen LogP contribution in [0.5, 0.6) is 0 Å². The van der Waals surface area contributed by atoms with E-state index < -0.39 is 10.0 Å². The van der Waals surface area contributed by atoms with Crippen LogP contribution in [0.2, 0.25) is 0 Å². The van der Waals surface area contributed by atoms with Gasteiger partial charge in [-0.3, -0.25) is 9.52 Å². The van der Waals surface area contributed by atoms with Gasteiger partial charge in [0.05, 0.1) is 17.5 Å². The molecular weight excluding hydrogens is 402 g/mol. The second-order valence-electron chi connectivity index (χ2n) is 8.70. The molecule has 160 valence electrons. The van der Waals surface area contributed by atoms with Gasteiger partial charge in [0.1, 0.15) is 11.3 Å². The average Bonchev–Trinajstić information content (AvgIpc) is 3.27. The minimum atomic E-state index is -3.54. The molecule has 1 N–H and O–H groups in total. The first kappa shape index (κ1) is 20.6. The molecule has 0 atom stereocenters. The van der Waals surface area contributed by atoms with Crippen LogP contribution in [-0.4, -0.2) is 33.8 Å². The average molecular weight is 430 g/mol.